The Bertz CT molecular complexity index is 712. The van der Waals surface area contributed by atoms with E-state index in [1.165, 1.54) is 24.0 Å². The molecule has 1 fully saturated rings. The Morgan fingerprint density at radius 3 is 2.60 bits per heavy atom. The second-order valence-electron chi connectivity index (χ2n) is 6.36. The van der Waals surface area contributed by atoms with Crippen molar-refractivity contribution in [3.63, 3.8) is 0 Å². The number of halogens is 2. The van der Waals surface area contributed by atoms with E-state index in [-0.39, 0.29) is 17.4 Å². The van der Waals surface area contributed by atoms with Gasteiger partial charge in [-0.05, 0) is 31.5 Å². The molecule has 0 radical (unpaired) electrons. The van der Waals surface area contributed by atoms with Crippen LogP contribution in [0.3, 0.4) is 0 Å². The van der Waals surface area contributed by atoms with E-state index in [0.717, 1.165) is 0 Å². The molecular weight excluding hydrogens is 351 g/mol. The molecule has 0 aromatic heterocycles. The number of carboxylic acids is 1. The summed E-state index contributed by atoms with van der Waals surface area (Å²) in [6.07, 6.45) is -0.0224. The summed E-state index contributed by atoms with van der Waals surface area (Å²) in [5.41, 5.74) is 0.467. The zero-order chi connectivity index (χ0) is 18.9. The van der Waals surface area contributed by atoms with Crippen LogP contribution in [0.25, 0.3) is 0 Å². The van der Waals surface area contributed by atoms with Crippen LogP contribution in [0.2, 0.25) is 5.02 Å². The molecule has 0 bridgehead atoms. The number of hydrogen-bond acceptors (Lipinski definition) is 3. The SMILES string of the molecule is CC(NC(=O)C1CC(=O)N(C)C1c1ccc(Cl)c(F)c1)C(C)C(=O)O. The van der Waals surface area contributed by atoms with E-state index in [9.17, 15) is 18.8 Å². The number of nitrogens with zero attached hydrogens (tertiary/aromatic N) is 1. The molecule has 0 saturated carbocycles. The van der Waals surface area contributed by atoms with Crippen LogP contribution in [-0.4, -0.2) is 40.9 Å². The minimum Gasteiger partial charge on any atom is -0.481 e. The maximum absolute atomic E-state index is 13.8. The van der Waals surface area contributed by atoms with Crippen molar-refractivity contribution in [3.05, 3.63) is 34.6 Å². The number of rotatable bonds is 5. The maximum Gasteiger partial charge on any atom is 0.308 e. The summed E-state index contributed by atoms with van der Waals surface area (Å²) in [7, 11) is 1.55. The van der Waals surface area contributed by atoms with Crippen molar-refractivity contribution in [2.24, 2.45) is 11.8 Å². The van der Waals surface area contributed by atoms with Gasteiger partial charge >= 0.3 is 5.97 Å². The van der Waals surface area contributed by atoms with Gasteiger partial charge in [-0.1, -0.05) is 17.7 Å². The van der Waals surface area contributed by atoms with Gasteiger partial charge in [0.2, 0.25) is 11.8 Å². The Hall–Kier alpha value is -2.15. The minimum absolute atomic E-state index is 0.0224. The number of carbonyl (C=O) groups is 3. The molecule has 1 aliphatic rings. The molecule has 4 atom stereocenters. The summed E-state index contributed by atoms with van der Waals surface area (Å²) in [6.45, 7) is 3.08. The highest BCUT2D eigenvalue weighted by atomic mass is 35.5. The van der Waals surface area contributed by atoms with Gasteiger partial charge in [-0.25, -0.2) is 4.39 Å². The largest absolute Gasteiger partial charge is 0.481 e. The van der Waals surface area contributed by atoms with Crippen LogP contribution in [0.1, 0.15) is 31.9 Å². The predicted molar refractivity (Wildman–Crippen MR) is 89.4 cm³/mol. The molecule has 4 unspecified atom stereocenters. The Labute approximate surface area is 149 Å². The first-order valence-electron chi connectivity index (χ1n) is 7.87. The third-order valence-electron chi connectivity index (χ3n) is 4.72. The van der Waals surface area contributed by atoms with Crippen molar-refractivity contribution in [1.82, 2.24) is 10.2 Å². The molecular formula is C17H20ClFN2O4. The van der Waals surface area contributed by atoms with Gasteiger partial charge < -0.3 is 15.3 Å². The van der Waals surface area contributed by atoms with Crippen LogP contribution >= 0.6 is 11.6 Å². The molecule has 2 N–H and O–H groups in total. The monoisotopic (exact) mass is 370 g/mol. The summed E-state index contributed by atoms with van der Waals surface area (Å²) in [6, 6.07) is 2.94. The molecule has 1 aromatic carbocycles. The zero-order valence-corrected chi connectivity index (χ0v) is 14.9. The quantitative estimate of drug-likeness (QED) is 0.832. The van der Waals surface area contributed by atoms with Crippen LogP contribution < -0.4 is 5.32 Å². The topological polar surface area (TPSA) is 86.7 Å². The molecule has 0 aliphatic carbocycles. The molecule has 0 spiro atoms. The number of likely N-dealkylation sites (tertiary alicyclic amines) is 1. The lowest BCUT2D eigenvalue weighted by Crippen LogP contribution is -2.44. The minimum atomic E-state index is -1.02. The van der Waals surface area contributed by atoms with Gasteiger partial charge in [-0.2, -0.15) is 0 Å². The van der Waals surface area contributed by atoms with Gasteiger partial charge in [0.1, 0.15) is 5.82 Å². The van der Waals surface area contributed by atoms with Crippen LogP contribution in [0.4, 0.5) is 4.39 Å². The highest BCUT2D eigenvalue weighted by Gasteiger charge is 2.43. The number of aliphatic carboxylic acids is 1. The summed E-state index contributed by atoms with van der Waals surface area (Å²) < 4.78 is 13.8. The van der Waals surface area contributed by atoms with E-state index in [2.05, 4.69) is 5.32 Å². The Morgan fingerprint density at radius 2 is 2.04 bits per heavy atom. The number of amides is 2. The van der Waals surface area contributed by atoms with Crippen molar-refractivity contribution in [2.45, 2.75) is 32.4 Å². The van der Waals surface area contributed by atoms with Gasteiger partial charge in [-0.3, -0.25) is 14.4 Å². The van der Waals surface area contributed by atoms with Crippen molar-refractivity contribution in [3.8, 4) is 0 Å². The highest BCUT2D eigenvalue weighted by molar-refractivity contribution is 6.30. The summed E-state index contributed by atoms with van der Waals surface area (Å²) >= 11 is 5.69. The lowest BCUT2D eigenvalue weighted by Gasteiger charge is -2.27. The smallest absolute Gasteiger partial charge is 0.308 e. The van der Waals surface area contributed by atoms with Gasteiger partial charge in [0.25, 0.3) is 0 Å². The molecule has 8 heteroatoms. The van der Waals surface area contributed by atoms with Crippen molar-refractivity contribution in [2.75, 3.05) is 7.05 Å². The first-order valence-corrected chi connectivity index (χ1v) is 8.25. The van der Waals surface area contributed by atoms with E-state index in [4.69, 9.17) is 16.7 Å². The van der Waals surface area contributed by atoms with E-state index in [0.29, 0.717) is 5.56 Å². The first-order chi connectivity index (χ1) is 11.6. The number of nitrogens with one attached hydrogen (secondary N) is 1. The van der Waals surface area contributed by atoms with Crippen LogP contribution in [0, 0.1) is 17.7 Å². The van der Waals surface area contributed by atoms with Gasteiger partial charge in [0, 0.05) is 19.5 Å². The normalized spacial score (nSPS) is 22.6. The van der Waals surface area contributed by atoms with Gasteiger partial charge in [0.15, 0.2) is 0 Å². The lowest BCUT2D eigenvalue weighted by atomic mass is 9.92. The molecule has 1 aromatic rings. The second-order valence-corrected chi connectivity index (χ2v) is 6.77. The highest BCUT2D eigenvalue weighted by Crippen LogP contribution is 2.38. The third kappa shape index (κ3) is 3.92. The fourth-order valence-corrected chi connectivity index (χ4v) is 3.04. The number of carboxylic acid groups (broad SMARTS) is 1. The van der Waals surface area contributed by atoms with Crippen molar-refractivity contribution < 1.29 is 23.9 Å². The molecule has 1 saturated heterocycles. The van der Waals surface area contributed by atoms with Crippen molar-refractivity contribution in [1.29, 1.82) is 0 Å². The maximum atomic E-state index is 13.8. The van der Waals surface area contributed by atoms with Gasteiger partial charge in [-0.15, -0.1) is 0 Å². The van der Waals surface area contributed by atoms with E-state index >= 15 is 0 Å². The second kappa shape index (κ2) is 7.39. The van der Waals surface area contributed by atoms with E-state index in [1.807, 2.05) is 0 Å². The molecule has 25 heavy (non-hydrogen) atoms. The molecule has 136 valence electrons. The predicted octanol–water partition coefficient (Wildman–Crippen LogP) is 2.22. The van der Waals surface area contributed by atoms with E-state index < -0.39 is 41.6 Å². The summed E-state index contributed by atoms with van der Waals surface area (Å²) in [5, 5.41) is 11.6. The Balaban J connectivity index is 2.25. The fraction of sp³-hybridized carbons (Fsp3) is 0.471. The fourth-order valence-electron chi connectivity index (χ4n) is 2.93. The zero-order valence-electron chi connectivity index (χ0n) is 14.1. The summed E-state index contributed by atoms with van der Waals surface area (Å²) in [5.74, 6) is -3.83. The number of hydrogen-bond donors (Lipinski definition) is 2. The number of carbonyl (C=O) groups excluding carboxylic acids is 2. The molecule has 2 amide bonds. The van der Waals surface area contributed by atoms with Crippen LogP contribution in [-0.2, 0) is 14.4 Å². The summed E-state index contributed by atoms with van der Waals surface area (Å²) in [4.78, 5) is 37.1. The average Bonchev–Trinajstić information content (AvgIpc) is 2.84. The average molecular weight is 371 g/mol. The lowest BCUT2D eigenvalue weighted by molar-refractivity contribution is -0.142. The number of benzene rings is 1. The molecule has 1 heterocycles. The first kappa shape index (κ1) is 19.2. The third-order valence-corrected chi connectivity index (χ3v) is 5.02. The van der Waals surface area contributed by atoms with E-state index in [1.54, 1.807) is 20.0 Å². The van der Waals surface area contributed by atoms with Crippen LogP contribution in [0.5, 0.6) is 0 Å². The Morgan fingerprint density at radius 1 is 1.40 bits per heavy atom. The molecule has 6 nitrogen and oxygen atoms in total. The van der Waals surface area contributed by atoms with Crippen LogP contribution in [0.15, 0.2) is 18.2 Å². The van der Waals surface area contributed by atoms with Gasteiger partial charge in [0.05, 0.1) is 22.9 Å². The molecule has 1 aliphatic heterocycles. The Kier molecular flexibility index (Phi) is 5.67. The standard InChI is InChI=1S/C17H20ClFN2O4/c1-8(17(24)25)9(2)20-16(23)11-7-14(22)21(3)15(11)10-4-5-12(18)13(19)6-10/h4-6,8-9,11,15H,7H2,1-3H3,(H,20,23)(H,24,25). The van der Waals surface area contributed by atoms with Crippen molar-refractivity contribution >= 4 is 29.4 Å². The molecule has 2 rings (SSSR count).